The third-order valence-corrected chi connectivity index (χ3v) is 2.41. The molecule has 0 bridgehead atoms. The summed E-state index contributed by atoms with van der Waals surface area (Å²) in [5.41, 5.74) is 0.229. The summed E-state index contributed by atoms with van der Waals surface area (Å²) >= 11 is 5.78. The average molecular weight is 293 g/mol. The Hall–Kier alpha value is -2.67. The first kappa shape index (κ1) is 13.8. The van der Waals surface area contributed by atoms with Crippen LogP contribution in [0.25, 0.3) is 0 Å². The SMILES string of the molecule is O=C(Nc1cc(Cl)cc(C(=O)O)c1)Nc1ncccn1. The molecule has 0 fully saturated rings. The van der Waals surface area contributed by atoms with Crippen LogP contribution >= 0.6 is 11.6 Å². The molecule has 0 radical (unpaired) electrons. The zero-order chi connectivity index (χ0) is 14.5. The second-order valence-electron chi connectivity index (χ2n) is 3.69. The summed E-state index contributed by atoms with van der Waals surface area (Å²) in [5.74, 6) is -1.01. The van der Waals surface area contributed by atoms with Crippen LogP contribution in [0.1, 0.15) is 10.4 Å². The van der Waals surface area contributed by atoms with Gasteiger partial charge in [-0.05, 0) is 24.3 Å². The van der Waals surface area contributed by atoms with Crippen molar-refractivity contribution < 1.29 is 14.7 Å². The fraction of sp³-hybridized carbons (Fsp3) is 0. The van der Waals surface area contributed by atoms with E-state index in [4.69, 9.17) is 16.7 Å². The van der Waals surface area contributed by atoms with Gasteiger partial charge in [0.15, 0.2) is 0 Å². The van der Waals surface area contributed by atoms with E-state index in [-0.39, 0.29) is 22.2 Å². The van der Waals surface area contributed by atoms with E-state index in [0.717, 1.165) is 0 Å². The van der Waals surface area contributed by atoms with Crippen LogP contribution in [0.5, 0.6) is 0 Å². The van der Waals surface area contributed by atoms with Crippen molar-refractivity contribution in [1.29, 1.82) is 0 Å². The number of aromatic carboxylic acids is 1. The minimum Gasteiger partial charge on any atom is -0.478 e. The van der Waals surface area contributed by atoms with Gasteiger partial charge in [-0.2, -0.15) is 0 Å². The monoisotopic (exact) mass is 292 g/mol. The number of amides is 2. The molecule has 20 heavy (non-hydrogen) atoms. The quantitative estimate of drug-likeness (QED) is 0.806. The molecule has 0 aliphatic rings. The van der Waals surface area contributed by atoms with Gasteiger partial charge in [-0.3, -0.25) is 5.32 Å². The van der Waals surface area contributed by atoms with Crippen molar-refractivity contribution in [2.24, 2.45) is 0 Å². The number of benzene rings is 1. The third kappa shape index (κ3) is 3.66. The molecule has 2 rings (SSSR count). The molecule has 102 valence electrons. The maximum absolute atomic E-state index is 11.7. The minimum absolute atomic E-state index is 0.0243. The molecule has 1 aromatic carbocycles. The topological polar surface area (TPSA) is 104 Å². The van der Waals surface area contributed by atoms with E-state index in [1.54, 1.807) is 6.07 Å². The molecule has 0 atom stereocenters. The average Bonchev–Trinajstić information content (AvgIpc) is 2.38. The van der Waals surface area contributed by atoms with E-state index in [1.165, 1.54) is 30.6 Å². The predicted molar refractivity (Wildman–Crippen MR) is 73.1 cm³/mol. The lowest BCUT2D eigenvalue weighted by Gasteiger charge is -2.07. The molecule has 3 N–H and O–H groups in total. The van der Waals surface area contributed by atoms with Crippen molar-refractivity contribution in [1.82, 2.24) is 9.97 Å². The Bertz CT molecular complexity index is 648. The molecule has 2 aromatic rings. The molecule has 1 heterocycles. The standard InChI is InChI=1S/C12H9ClN4O3/c13-8-4-7(10(18)19)5-9(6-8)16-12(20)17-11-14-2-1-3-15-11/h1-6H,(H,18,19)(H2,14,15,16,17,20). The summed E-state index contributed by atoms with van der Waals surface area (Å²) in [6.07, 6.45) is 2.95. The number of rotatable bonds is 3. The van der Waals surface area contributed by atoms with Crippen LogP contribution in [0.2, 0.25) is 5.02 Å². The van der Waals surface area contributed by atoms with Gasteiger partial charge in [0.2, 0.25) is 5.95 Å². The van der Waals surface area contributed by atoms with Crippen LogP contribution in [0.4, 0.5) is 16.4 Å². The van der Waals surface area contributed by atoms with Crippen molar-refractivity contribution in [2.45, 2.75) is 0 Å². The van der Waals surface area contributed by atoms with E-state index in [1.807, 2.05) is 0 Å². The zero-order valence-electron chi connectivity index (χ0n) is 10.0. The Morgan fingerprint density at radius 3 is 2.45 bits per heavy atom. The number of urea groups is 1. The fourth-order valence-corrected chi connectivity index (χ4v) is 1.65. The maximum Gasteiger partial charge on any atom is 0.335 e. The summed E-state index contributed by atoms with van der Waals surface area (Å²) in [5, 5.41) is 13.9. The molecule has 0 aliphatic heterocycles. The highest BCUT2D eigenvalue weighted by atomic mass is 35.5. The fourth-order valence-electron chi connectivity index (χ4n) is 1.41. The minimum atomic E-state index is -1.14. The van der Waals surface area contributed by atoms with Crippen LogP contribution < -0.4 is 10.6 Å². The van der Waals surface area contributed by atoms with Crippen molar-refractivity contribution in [3.05, 3.63) is 47.2 Å². The Morgan fingerprint density at radius 2 is 1.80 bits per heavy atom. The van der Waals surface area contributed by atoms with Crippen LogP contribution in [0.3, 0.4) is 0 Å². The second-order valence-corrected chi connectivity index (χ2v) is 4.12. The normalized spacial score (nSPS) is 9.85. The Kier molecular flexibility index (Phi) is 4.11. The van der Waals surface area contributed by atoms with E-state index in [0.29, 0.717) is 0 Å². The number of halogens is 1. The van der Waals surface area contributed by atoms with Gasteiger partial charge in [0.25, 0.3) is 0 Å². The van der Waals surface area contributed by atoms with E-state index in [2.05, 4.69) is 20.6 Å². The number of carbonyl (C=O) groups excluding carboxylic acids is 1. The summed E-state index contributed by atoms with van der Waals surface area (Å²) in [7, 11) is 0. The largest absolute Gasteiger partial charge is 0.478 e. The molecule has 8 heteroatoms. The Morgan fingerprint density at radius 1 is 1.10 bits per heavy atom. The molecule has 0 unspecified atom stereocenters. The number of anilines is 2. The van der Waals surface area contributed by atoms with Gasteiger partial charge >= 0.3 is 12.0 Å². The van der Waals surface area contributed by atoms with Crippen molar-refractivity contribution >= 4 is 35.2 Å². The lowest BCUT2D eigenvalue weighted by molar-refractivity contribution is 0.0697. The predicted octanol–water partition coefficient (Wildman–Crippen LogP) is 2.47. The number of hydrogen-bond donors (Lipinski definition) is 3. The molecule has 1 aromatic heterocycles. The van der Waals surface area contributed by atoms with E-state index < -0.39 is 12.0 Å². The van der Waals surface area contributed by atoms with Crippen molar-refractivity contribution in [2.75, 3.05) is 10.6 Å². The molecular formula is C12H9ClN4O3. The number of carboxylic acid groups (broad SMARTS) is 1. The zero-order valence-corrected chi connectivity index (χ0v) is 10.8. The van der Waals surface area contributed by atoms with E-state index in [9.17, 15) is 9.59 Å². The molecule has 0 spiro atoms. The summed E-state index contributed by atoms with van der Waals surface area (Å²) in [6, 6.07) is 5.01. The maximum atomic E-state index is 11.7. The Balaban J connectivity index is 2.10. The number of hydrogen-bond acceptors (Lipinski definition) is 4. The van der Waals surface area contributed by atoms with Crippen LogP contribution in [0.15, 0.2) is 36.7 Å². The number of carboxylic acids is 1. The summed E-state index contributed by atoms with van der Waals surface area (Å²) < 4.78 is 0. The summed E-state index contributed by atoms with van der Waals surface area (Å²) in [4.78, 5) is 30.2. The molecule has 2 amide bonds. The van der Waals surface area contributed by atoms with Gasteiger partial charge in [0.1, 0.15) is 0 Å². The van der Waals surface area contributed by atoms with Gasteiger partial charge in [-0.25, -0.2) is 19.6 Å². The van der Waals surface area contributed by atoms with Crippen LogP contribution in [-0.2, 0) is 0 Å². The first-order valence-electron chi connectivity index (χ1n) is 5.43. The first-order chi connectivity index (χ1) is 9.54. The molecule has 7 nitrogen and oxygen atoms in total. The van der Waals surface area contributed by atoms with Crippen molar-refractivity contribution in [3.8, 4) is 0 Å². The van der Waals surface area contributed by atoms with Gasteiger partial charge < -0.3 is 10.4 Å². The highest BCUT2D eigenvalue weighted by molar-refractivity contribution is 6.31. The third-order valence-electron chi connectivity index (χ3n) is 2.19. The number of carbonyl (C=O) groups is 2. The number of nitrogens with one attached hydrogen (secondary N) is 2. The molecule has 0 saturated carbocycles. The molecule has 0 aliphatic carbocycles. The molecular weight excluding hydrogens is 284 g/mol. The van der Waals surface area contributed by atoms with Gasteiger partial charge in [0, 0.05) is 23.1 Å². The van der Waals surface area contributed by atoms with Gasteiger partial charge in [-0.15, -0.1) is 0 Å². The lowest BCUT2D eigenvalue weighted by atomic mass is 10.2. The smallest absolute Gasteiger partial charge is 0.335 e. The van der Waals surface area contributed by atoms with Gasteiger partial charge in [0.05, 0.1) is 5.56 Å². The molecule has 0 saturated heterocycles. The highest BCUT2D eigenvalue weighted by Gasteiger charge is 2.09. The van der Waals surface area contributed by atoms with E-state index >= 15 is 0 Å². The summed E-state index contributed by atoms with van der Waals surface area (Å²) in [6.45, 7) is 0. The Labute approximate surface area is 118 Å². The van der Waals surface area contributed by atoms with Crippen molar-refractivity contribution in [3.63, 3.8) is 0 Å². The lowest BCUT2D eigenvalue weighted by Crippen LogP contribution is -2.21. The second kappa shape index (κ2) is 5.98. The first-order valence-corrected chi connectivity index (χ1v) is 5.81. The van der Waals surface area contributed by atoms with Gasteiger partial charge in [-0.1, -0.05) is 11.6 Å². The number of aromatic nitrogens is 2. The van der Waals surface area contributed by atoms with Crippen LogP contribution in [-0.4, -0.2) is 27.1 Å². The number of nitrogens with zero attached hydrogens (tertiary/aromatic N) is 2. The van der Waals surface area contributed by atoms with Crippen LogP contribution in [0, 0.1) is 0 Å². The highest BCUT2D eigenvalue weighted by Crippen LogP contribution is 2.19.